The van der Waals surface area contributed by atoms with Gasteiger partial charge < -0.3 is 14.1 Å². The van der Waals surface area contributed by atoms with Crippen molar-refractivity contribution in [2.75, 3.05) is 0 Å². The van der Waals surface area contributed by atoms with Crippen molar-refractivity contribution in [2.24, 2.45) is 5.16 Å². The molecular weight excluding hydrogens is 317 g/mol. The fourth-order valence-corrected chi connectivity index (χ4v) is 2.13. The van der Waals surface area contributed by atoms with Crippen LogP contribution < -0.4 is 0 Å². The summed E-state index contributed by atoms with van der Waals surface area (Å²) in [7, 11) is 0. The highest BCUT2D eigenvalue weighted by Gasteiger charge is 2.30. The summed E-state index contributed by atoms with van der Waals surface area (Å²) < 4.78 is 23.3. The smallest absolute Gasteiger partial charge is 0.351 e. The number of esters is 1. The van der Waals surface area contributed by atoms with Crippen LogP contribution in [0.3, 0.4) is 0 Å². The highest BCUT2D eigenvalue weighted by molar-refractivity contribution is 6.03. The van der Waals surface area contributed by atoms with E-state index in [1.165, 1.54) is 12.1 Å². The Morgan fingerprint density at radius 1 is 1.46 bits per heavy atom. The van der Waals surface area contributed by atoms with Gasteiger partial charge in [-0.25, -0.2) is 9.18 Å². The van der Waals surface area contributed by atoms with Crippen molar-refractivity contribution < 1.29 is 23.3 Å². The fourth-order valence-electron chi connectivity index (χ4n) is 2.13. The second-order valence-corrected chi connectivity index (χ2v) is 5.66. The van der Waals surface area contributed by atoms with Crippen molar-refractivity contribution >= 4 is 11.7 Å². The van der Waals surface area contributed by atoms with Crippen LogP contribution >= 0.6 is 0 Å². The molecule has 0 bridgehead atoms. The van der Waals surface area contributed by atoms with Crippen LogP contribution in [0.2, 0.25) is 0 Å². The molecular formula is C16H16FN3O4. The molecule has 1 aliphatic heterocycles. The van der Waals surface area contributed by atoms with E-state index < -0.39 is 12.1 Å². The van der Waals surface area contributed by atoms with Gasteiger partial charge in [-0.1, -0.05) is 36.3 Å². The largest absolute Gasteiger partial charge is 0.453 e. The standard InChI is InChI=1S/C16H16FN3O4/c1-9(2)15-18-14(24-20-15)8-22-16(21)13-7-12(19-23-13)10-4-3-5-11(17)6-10/h3-6,9,13H,7-8H2,1-2H3. The van der Waals surface area contributed by atoms with Gasteiger partial charge >= 0.3 is 5.97 Å². The van der Waals surface area contributed by atoms with Gasteiger partial charge in [-0.3, -0.25) is 0 Å². The summed E-state index contributed by atoms with van der Waals surface area (Å²) in [6.45, 7) is 3.73. The van der Waals surface area contributed by atoms with Crippen molar-refractivity contribution in [1.82, 2.24) is 10.1 Å². The molecule has 3 rings (SSSR count). The van der Waals surface area contributed by atoms with Gasteiger partial charge in [-0.2, -0.15) is 4.98 Å². The number of halogens is 1. The maximum atomic E-state index is 13.2. The van der Waals surface area contributed by atoms with Crippen molar-refractivity contribution in [1.29, 1.82) is 0 Å². The lowest BCUT2D eigenvalue weighted by atomic mass is 10.1. The van der Waals surface area contributed by atoms with Crippen LogP contribution in [0.4, 0.5) is 4.39 Å². The van der Waals surface area contributed by atoms with Gasteiger partial charge in [-0.15, -0.1) is 0 Å². The topological polar surface area (TPSA) is 86.8 Å². The molecule has 126 valence electrons. The molecule has 0 N–H and O–H groups in total. The monoisotopic (exact) mass is 333 g/mol. The SMILES string of the molecule is CC(C)c1noc(COC(=O)C2CC(c3cccc(F)c3)=NO2)n1. The zero-order chi connectivity index (χ0) is 17.1. The van der Waals surface area contributed by atoms with E-state index in [0.717, 1.165) is 0 Å². The van der Waals surface area contributed by atoms with E-state index >= 15 is 0 Å². The first-order chi connectivity index (χ1) is 11.5. The molecule has 1 aromatic carbocycles. The molecule has 0 spiro atoms. The van der Waals surface area contributed by atoms with Gasteiger partial charge in [0.15, 0.2) is 12.4 Å². The Balaban J connectivity index is 1.53. The lowest BCUT2D eigenvalue weighted by Gasteiger charge is -2.06. The molecule has 1 atom stereocenters. The molecule has 7 nitrogen and oxygen atoms in total. The number of nitrogens with zero attached hydrogens (tertiary/aromatic N) is 3. The van der Waals surface area contributed by atoms with Gasteiger partial charge in [0.25, 0.3) is 5.89 Å². The molecule has 0 amide bonds. The molecule has 0 radical (unpaired) electrons. The third-order valence-corrected chi connectivity index (χ3v) is 3.43. The molecule has 1 aliphatic rings. The Morgan fingerprint density at radius 2 is 2.29 bits per heavy atom. The van der Waals surface area contributed by atoms with Gasteiger partial charge in [0, 0.05) is 17.9 Å². The summed E-state index contributed by atoms with van der Waals surface area (Å²) in [4.78, 5) is 21.2. The molecule has 0 fully saturated rings. The lowest BCUT2D eigenvalue weighted by Crippen LogP contribution is -2.23. The third-order valence-electron chi connectivity index (χ3n) is 3.43. The van der Waals surface area contributed by atoms with E-state index in [-0.39, 0.29) is 30.7 Å². The predicted molar refractivity (Wildman–Crippen MR) is 80.6 cm³/mol. The summed E-state index contributed by atoms with van der Waals surface area (Å²) in [6, 6.07) is 5.94. The first-order valence-corrected chi connectivity index (χ1v) is 7.50. The third kappa shape index (κ3) is 3.58. The van der Waals surface area contributed by atoms with Crippen LogP contribution in [0.15, 0.2) is 33.9 Å². The number of aromatic nitrogens is 2. The van der Waals surface area contributed by atoms with Gasteiger partial charge in [0.2, 0.25) is 6.10 Å². The molecule has 1 aromatic heterocycles. The van der Waals surface area contributed by atoms with Crippen molar-refractivity contribution in [3.8, 4) is 0 Å². The highest BCUT2D eigenvalue weighted by Crippen LogP contribution is 2.19. The van der Waals surface area contributed by atoms with Crippen LogP contribution in [0.25, 0.3) is 0 Å². The summed E-state index contributed by atoms with van der Waals surface area (Å²) in [5.41, 5.74) is 1.07. The summed E-state index contributed by atoms with van der Waals surface area (Å²) >= 11 is 0. The number of rotatable bonds is 5. The highest BCUT2D eigenvalue weighted by atomic mass is 19.1. The minimum Gasteiger partial charge on any atom is -0.453 e. The van der Waals surface area contributed by atoms with Crippen LogP contribution in [0.1, 0.15) is 43.5 Å². The van der Waals surface area contributed by atoms with Gasteiger partial charge in [0.1, 0.15) is 5.82 Å². The molecule has 0 saturated heterocycles. The van der Waals surface area contributed by atoms with Crippen LogP contribution in [0.5, 0.6) is 0 Å². The Labute approximate surface area is 137 Å². The quantitative estimate of drug-likeness (QED) is 0.782. The zero-order valence-electron chi connectivity index (χ0n) is 13.2. The van der Waals surface area contributed by atoms with Crippen LogP contribution in [-0.2, 0) is 21.0 Å². The maximum absolute atomic E-state index is 13.2. The number of carbonyl (C=O) groups excluding carboxylic acids is 1. The van der Waals surface area contributed by atoms with E-state index in [1.807, 2.05) is 13.8 Å². The first kappa shape index (κ1) is 16.1. The molecule has 2 aromatic rings. The lowest BCUT2D eigenvalue weighted by molar-refractivity contribution is -0.157. The molecule has 24 heavy (non-hydrogen) atoms. The Bertz CT molecular complexity index is 772. The number of hydrogen-bond acceptors (Lipinski definition) is 7. The van der Waals surface area contributed by atoms with Crippen molar-refractivity contribution in [3.05, 3.63) is 47.4 Å². The maximum Gasteiger partial charge on any atom is 0.351 e. The Morgan fingerprint density at radius 3 is 3.00 bits per heavy atom. The predicted octanol–water partition coefficient (Wildman–Crippen LogP) is 2.57. The summed E-state index contributed by atoms with van der Waals surface area (Å²) in [5.74, 6) is -0.0715. The van der Waals surface area contributed by atoms with Crippen LogP contribution in [-0.4, -0.2) is 27.9 Å². The number of hydrogen-bond donors (Lipinski definition) is 0. The van der Waals surface area contributed by atoms with E-state index in [4.69, 9.17) is 14.1 Å². The average Bonchev–Trinajstić information content (AvgIpc) is 3.22. The number of benzene rings is 1. The molecule has 1 unspecified atom stereocenters. The van der Waals surface area contributed by atoms with E-state index in [9.17, 15) is 9.18 Å². The minimum absolute atomic E-state index is 0.124. The Kier molecular flexibility index (Phi) is 4.54. The van der Waals surface area contributed by atoms with Gasteiger partial charge in [-0.05, 0) is 12.1 Å². The average molecular weight is 333 g/mol. The molecule has 0 aliphatic carbocycles. The second kappa shape index (κ2) is 6.77. The number of ether oxygens (including phenoxy) is 1. The fraction of sp³-hybridized carbons (Fsp3) is 0.375. The van der Waals surface area contributed by atoms with Gasteiger partial charge in [0.05, 0.1) is 5.71 Å². The molecule has 8 heteroatoms. The number of carbonyl (C=O) groups is 1. The summed E-state index contributed by atoms with van der Waals surface area (Å²) in [5, 5.41) is 7.61. The minimum atomic E-state index is -0.865. The zero-order valence-corrected chi connectivity index (χ0v) is 13.2. The second-order valence-electron chi connectivity index (χ2n) is 5.66. The molecule has 0 saturated carbocycles. The first-order valence-electron chi connectivity index (χ1n) is 7.50. The normalized spacial score (nSPS) is 16.8. The van der Waals surface area contributed by atoms with E-state index in [1.54, 1.807) is 12.1 Å². The summed E-state index contributed by atoms with van der Waals surface area (Å²) in [6.07, 6.45) is -0.653. The van der Waals surface area contributed by atoms with Crippen LogP contribution in [0, 0.1) is 5.82 Å². The number of oxime groups is 1. The van der Waals surface area contributed by atoms with E-state index in [0.29, 0.717) is 17.1 Å². The molecule has 2 heterocycles. The van der Waals surface area contributed by atoms with Crippen molar-refractivity contribution in [3.63, 3.8) is 0 Å². The van der Waals surface area contributed by atoms with E-state index in [2.05, 4.69) is 15.3 Å². The van der Waals surface area contributed by atoms with Crippen molar-refractivity contribution in [2.45, 2.75) is 38.9 Å². The Hall–Kier alpha value is -2.77.